The highest BCUT2D eigenvalue weighted by molar-refractivity contribution is 5.68. The fourth-order valence-corrected chi connectivity index (χ4v) is 5.68. The van der Waals surface area contributed by atoms with Gasteiger partial charge in [0.25, 0.3) is 0 Å². The van der Waals surface area contributed by atoms with Crippen LogP contribution in [-0.2, 0) is 24.7 Å². The number of hydrogen-bond acceptors (Lipinski definition) is 1. The normalized spacial score (nSPS) is 21.4. The Morgan fingerprint density at radius 3 is 2.48 bits per heavy atom. The third-order valence-electron chi connectivity index (χ3n) is 7.56. The SMILES string of the molecule is CC1(C)c2cc(-c3cccc(C#N)c3)ccc2CC12CCc1c(F)cccc1C2. The molecule has 0 N–H and O–H groups in total. The molecule has 0 amide bonds. The van der Waals surface area contributed by atoms with Gasteiger partial charge in [-0.25, -0.2) is 4.39 Å². The first-order valence-electron chi connectivity index (χ1n) is 10.3. The van der Waals surface area contributed by atoms with Gasteiger partial charge in [-0.15, -0.1) is 0 Å². The van der Waals surface area contributed by atoms with E-state index in [4.69, 9.17) is 0 Å². The number of nitriles is 1. The smallest absolute Gasteiger partial charge is 0.126 e. The molecule has 0 saturated carbocycles. The van der Waals surface area contributed by atoms with Crippen LogP contribution < -0.4 is 0 Å². The number of benzene rings is 3. The van der Waals surface area contributed by atoms with Crippen LogP contribution in [0.3, 0.4) is 0 Å². The maximum Gasteiger partial charge on any atom is 0.126 e. The molecule has 144 valence electrons. The molecule has 2 aliphatic carbocycles. The molecule has 0 heterocycles. The number of fused-ring (bicyclic) bond motifs is 2. The van der Waals surface area contributed by atoms with Crippen molar-refractivity contribution in [3.8, 4) is 17.2 Å². The summed E-state index contributed by atoms with van der Waals surface area (Å²) in [5.41, 5.74) is 7.97. The predicted octanol–water partition coefficient (Wildman–Crippen LogP) is 6.37. The van der Waals surface area contributed by atoms with E-state index in [2.05, 4.69) is 50.2 Å². The molecular formula is C27H24FN. The summed E-state index contributed by atoms with van der Waals surface area (Å²) in [6.07, 6.45) is 3.81. The van der Waals surface area contributed by atoms with Gasteiger partial charge in [-0.1, -0.05) is 56.3 Å². The summed E-state index contributed by atoms with van der Waals surface area (Å²) >= 11 is 0. The maximum absolute atomic E-state index is 14.3. The second-order valence-electron chi connectivity index (χ2n) is 9.20. The molecule has 0 aliphatic heterocycles. The Morgan fingerprint density at radius 1 is 0.897 bits per heavy atom. The summed E-state index contributed by atoms with van der Waals surface area (Å²) in [6, 6.07) is 22.4. The minimum Gasteiger partial charge on any atom is -0.207 e. The van der Waals surface area contributed by atoms with Crippen LogP contribution in [0.4, 0.5) is 4.39 Å². The third-order valence-corrected chi connectivity index (χ3v) is 7.56. The molecular weight excluding hydrogens is 357 g/mol. The van der Waals surface area contributed by atoms with Crippen LogP contribution in [0.1, 0.15) is 48.1 Å². The minimum atomic E-state index is -0.0506. The van der Waals surface area contributed by atoms with Gasteiger partial charge in [-0.3, -0.25) is 0 Å². The lowest BCUT2D eigenvalue weighted by Gasteiger charge is -2.45. The van der Waals surface area contributed by atoms with Crippen LogP contribution in [0.5, 0.6) is 0 Å². The fourth-order valence-electron chi connectivity index (χ4n) is 5.68. The van der Waals surface area contributed by atoms with E-state index in [1.54, 1.807) is 6.07 Å². The number of hydrogen-bond donors (Lipinski definition) is 0. The van der Waals surface area contributed by atoms with Gasteiger partial charge in [0.2, 0.25) is 0 Å². The van der Waals surface area contributed by atoms with Crippen molar-refractivity contribution in [1.29, 1.82) is 5.26 Å². The van der Waals surface area contributed by atoms with Gasteiger partial charge in [-0.05, 0) is 88.1 Å². The van der Waals surface area contributed by atoms with E-state index in [1.807, 2.05) is 24.3 Å². The van der Waals surface area contributed by atoms with E-state index in [0.29, 0.717) is 5.56 Å². The zero-order valence-corrected chi connectivity index (χ0v) is 16.9. The van der Waals surface area contributed by atoms with Crippen molar-refractivity contribution in [2.75, 3.05) is 0 Å². The van der Waals surface area contributed by atoms with E-state index >= 15 is 0 Å². The van der Waals surface area contributed by atoms with Gasteiger partial charge >= 0.3 is 0 Å². The molecule has 3 aromatic carbocycles. The van der Waals surface area contributed by atoms with Crippen molar-refractivity contribution in [2.45, 2.75) is 44.9 Å². The van der Waals surface area contributed by atoms with Gasteiger partial charge in [0.05, 0.1) is 11.6 Å². The average Bonchev–Trinajstić information content (AvgIpc) is 2.94. The summed E-state index contributed by atoms with van der Waals surface area (Å²) in [6.45, 7) is 4.72. The Morgan fingerprint density at radius 2 is 1.66 bits per heavy atom. The molecule has 0 aromatic heterocycles. The highest BCUT2D eigenvalue weighted by atomic mass is 19.1. The molecule has 0 fully saturated rings. The predicted molar refractivity (Wildman–Crippen MR) is 114 cm³/mol. The van der Waals surface area contributed by atoms with E-state index in [-0.39, 0.29) is 16.6 Å². The molecule has 1 unspecified atom stereocenters. The average molecular weight is 381 g/mol. The molecule has 1 nitrogen and oxygen atoms in total. The maximum atomic E-state index is 14.3. The van der Waals surface area contributed by atoms with E-state index in [9.17, 15) is 9.65 Å². The Kier molecular flexibility index (Phi) is 3.93. The van der Waals surface area contributed by atoms with Crippen LogP contribution in [0.2, 0.25) is 0 Å². The summed E-state index contributed by atoms with van der Waals surface area (Å²) in [4.78, 5) is 0. The van der Waals surface area contributed by atoms with Gasteiger partial charge in [-0.2, -0.15) is 5.26 Å². The molecule has 2 aliphatic rings. The van der Waals surface area contributed by atoms with E-state index in [0.717, 1.165) is 42.4 Å². The highest BCUT2D eigenvalue weighted by Crippen LogP contribution is 2.58. The Bertz CT molecular complexity index is 1170. The quantitative estimate of drug-likeness (QED) is 0.480. The van der Waals surface area contributed by atoms with Crippen LogP contribution in [0.15, 0.2) is 60.7 Å². The van der Waals surface area contributed by atoms with Crippen LogP contribution in [0.25, 0.3) is 11.1 Å². The van der Waals surface area contributed by atoms with Gasteiger partial charge in [0.15, 0.2) is 0 Å². The molecule has 0 bridgehead atoms. The second-order valence-corrected chi connectivity index (χ2v) is 9.20. The van der Waals surface area contributed by atoms with Crippen LogP contribution >= 0.6 is 0 Å². The Labute approximate surface area is 171 Å². The second kappa shape index (κ2) is 6.29. The van der Waals surface area contributed by atoms with Crippen molar-refractivity contribution >= 4 is 0 Å². The lowest BCUT2D eigenvalue weighted by Crippen LogP contribution is -2.42. The van der Waals surface area contributed by atoms with Gasteiger partial charge < -0.3 is 0 Å². The zero-order chi connectivity index (χ0) is 20.2. The van der Waals surface area contributed by atoms with Crippen molar-refractivity contribution in [2.24, 2.45) is 5.41 Å². The zero-order valence-electron chi connectivity index (χ0n) is 16.9. The monoisotopic (exact) mass is 381 g/mol. The van der Waals surface area contributed by atoms with Gasteiger partial charge in [0, 0.05) is 0 Å². The molecule has 29 heavy (non-hydrogen) atoms. The largest absolute Gasteiger partial charge is 0.207 e. The number of halogens is 1. The summed E-state index contributed by atoms with van der Waals surface area (Å²) in [5, 5.41) is 9.24. The molecule has 0 radical (unpaired) electrons. The number of rotatable bonds is 1. The van der Waals surface area contributed by atoms with E-state index < -0.39 is 0 Å². The van der Waals surface area contributed by atoms with Crippen molar-refractivity contribution in [1.82, 2.24) is 0 Å². The van der Waals surface area contributed by atoms with Gasteiger partial charge in [0.1, 0.15) is 5.82 Å². The Hall–Kier alpha value is -2.92. The third kappa shape index (κ3) is 2.64. The highest BCUT2D eigenvalue weighted by Gasteiger charge is 2.52. The lowest BCUT2D eigenvalue weighted by atomic mass is 9.58. The van der Waals surface area contributed by atoms with Crippen molar-refractivity contribution in [3.63, 3.8) is 0 Å². The first-order valence-corrected chi connectivity index (χ1v) is 10.3. The molecule has 0 saturated heterocycles. The standard InChI is InChI=1S/C27H24FN/c1-26(2)24-14-20(19-6-3-5-18(13-19)17-29)9-10-22(24)16-27(26)12-11-23-21(15-27)7-4-8-25(23)28/h3-10,13-14H,11-12,15-16H2,1-2H3. The van der Waals surface area contributed by atoms with Crippen LogP contribution in [0, 0.1) is 22.6 Å². The molecule has 2 heteroatoms. The first-order chi connectivity index (χ1) is 13.9. The minimum absolute atomic E-state index is 0.00912. The van der Waals surface area contributed by atoms with Crippen molar-refractivity contribution in [3.05, 3.63) is 94.3 Å². The molecule has 3 aromatic rings. The van der Waals surface area contributed by atoms with E-state index in [1.165, 1.54) is 16.7 Å². The van der Waals surface area contributed by atoms with Crippen LogP contribution in [-0.4, -0.2) is 0 Å². The first kappa shape index (κ1) is 18.1. The van der Waals surface area contributed by atoms with Crippen molar-refractivity contribution < 1.29 is 4.39 Å². The Balaban J connectivity index is 1.56. The lowest BCUT2D eigenvalue weighted by molar-refractivity contribution is 0.141. The summed E-state index contributed by atoms with van der Waals surface area (Å²) < 4.78 is 14.3. The summed E-state index contributed by atoms with van der Waals surface area (Å²) in [5.74, 6) is -0.0506. The molecule has 1 atom stereocenters. The fraction of sp³-hybridized carbons (Fsp3) is 0.296. The topological polar surface area (TPSA) is 23.8 Å². The molecule has 5 rings (SSSR count). The molecule has 1 spiro atoms. The summed E-state index contributed by atoms with van der Waals surface area (Å²) in [7, 11) is 0. The number of nitrogens with zero attached hydrogens (tertiary/aromatic N) is 1.